The van der Waals surface area contributed by atoms with Crippen LogP contribution >= 0.6 is 0 Å². The molecule has 1 N–H and O–H groups in total. The zero-order valence-electron chi connectivity index (χ0n) is 18.2. The number of phenolic OH excluding ortho intramolecular Hbond substituents is 1. The normalized spacial score (nSPS) is 19.2. The van der Waals surface area contributed by atoms with Crippen molar-refractivity contribution in [2.75, 3.05) is 0 Å². The Morgan fingerprint density at radius 3 is 2.79 bits per heavy atom. The lowest BCUT2D eigenvalue weighted by molar-refractivity contribution is -0.118. The molecule has 8 nitrogen and oxygen atoms in total. The second-order valence-corrected chi connectivity index (χ2v) is 9.28. The Morgan fingerprint density at radius 2 is 2.00 bits per heavy atom. The number of aromatic nitrogens is 5. The van der Waals surface area contributed by atoms with E-state index >= 15 is 0 Å². The van der Waals surface area contributed by atoms with Crippen molar-refractivity contribution in [3.8, 4) is 23.0 Å². The summed E-state index contributed by atoms with van der Waals surface area (Å²) in [5.41, 5.74) is 3.02. The van der Waals surface area contributed by atoms with Gasteiger partial charge in [0.1, 0.15) is 17.8 Å². The average molecular weight is 439 g/mol. The first-order valence-electron chi connectivity index (χ1n) is 10.8. The number of fused-ring (bicyclic) bond motifs is 3. The van der Waals surface area contributed by atoms with E-state index in [-0.39, 0.29) is 16.9 Å². The minimum absolute atomic E-state index is 0.0585. The van der Waals surface area contributed by atoms with Gasteiger partial charge in [-0.3, -0.25) is 9.78 Å². The minimum Gasteiger partial charge on any atom is -0.507 e. The summed E-state index contributed by atoms with van der Waals surface area (Å²) in [6.45, 7) is 4.14. The third kappa shape index (κ3) is 3.09. The number of phenols is 1. The van der Waals surface area contributed by atoms with Crippen molar-refractivity contribution in [2.45, 2.75) is 32.6 Å². The number of ketones is 1. The maximum absolute atomic E-state index is 13.4. The van der Waals surface area contributed by atoms with Gasteiger partial charge in [0.05, 0.1) is 17.0 Å². The van der Waals surface area contributed by atoms with Gasteiger partial charge >= 0.3 is 0 Å². The number of benzene rings is 1. The van der Waals surface area contributed by atoms with Crippen molar-refractivity contribution in [3.63, 3.8) is 0 Å². The van der Waals surface area contributed by atoms with Crippen molar-refractivity contribution in [1.29, 1.82) is 0 Å². The molecule has 1 aliphatic carbocycles. The van der Waals surface area contributed by atoms with E-state index in [0.29, 0.717) is 52.7 Å². The van der Waals surface area contributed by atoms with Gasteiger partial charge < -0.3 is 9.84 Å². The number of allylic oxidation sites excluding steroid dienone is 2. The van der Waals surface area contributed by atoms with Crippen LogP contribution in [-0.4, -0.2) is 35.5 Å². The third-order valence-corrected chi connectivity index (χ3v) is 6.23. The lowest BCUT2D eigenvalue weighted by Gasteiger charge is -2.37. The average Bonchev–Trinajstić information content (AvgIpc) is 3.22. The number of carbonyl (C=O) groups is 1. The molecule has 0 fully saturated rings. The van der Waals surface area contributed by atoms with E-state index in [1.165, 1.54) is 0 Å². The molecule has 33 heavy (non-hydrogen) atoms. The molecular formula is C25H21N5O3. The molecule has 1 aliphatic heterocycles. The van der Waals surface area contributed by atoms with Crippen LogP contribution in [0.3, 0.4) is 0 Å². The van der Waals surface area contributed by atoms with Gasteiger partial charge in [-0.2, -0.15) is 0 Å². The predicted molar refractivity (Wildman–Crippen MR) is 120 cm³/mol. The summed E-state index contributed by atoms with van der Waals surface area (Å²) in [5.74, 6) is 1.17. The van der Waals surface area contributed by atoms with Gasteiger partial charge in [-0.1, -0.05) is 32.0 Å². The Hall–Kier alpha value is -4.07. The molecule has 1 atom stereocenters. The van der Waals surface area contributed by atoms with Crippen molar-refractivity contribution in [3.05, 3.63) is 77.6 Å². The van der Waals surface area contributed by atoms with Crippen LogP contribution in [0, 0.1) is 5.41 Å². The van der Waals surface area contributed by atoms with Crippen molar-refractivity contribution in [1.82, 2.24) is 24.6 Å². The lowest BCUT2D eigenvalue weighted by Crippen LogP contribution is -2.33. The molecule has 3 aromatic heterocycles. The first kappa shape index (κ1) is 19.6. The molecule has 6 rings (SSSR count). The van der Waals surface area contributed by atoms with E-state index < -0.39 is 5.92 Å². The van der Waals surface area contributed by atoms with Gasteiger partial charge in [0, 0.05) is 30.8 Å². The highest BCUT2D eigenvalue weighted by atomic mass is 16.5. The molecule has 164 valence electrons. The maximum atomic E-state index is 13.4. The highest BCUT2D eigenvalue weighted by molar-refractivity contribution is 6.00. The van der Waals surface area contributed by atoms with E-state index in [4.69, 9.17) is 9.72 Å². The van der Waals surface area contributed by atoms with E-state index in [0.717, 1.165) is 5.56 Å². The molecule has 0 bridgehead atoms. The topological polar surface area (TPSA) is 102 Å². The van der Waals surface area contributed by atoms with Crippen LogP contribution in [0.1, 0.15) is 43.7 Å². The van der Waals surface area contributed by atoms with Crippen molar-refractivity contribution >= 4 is 11.4 Å². The summed E-state index contributed by atoms with van der Waals surface area (Å²) in [5, 5.41) is 14.8. The highest BCUT2D eigenvalue weighted by Crippen LogP contribution is 2.50. The van der Waals surface area contributed by atoms with Gasteiger partial charge in [0.25, 0.3) is 0 Å². The molecule has 1 aromatic carbocycles. The molecule has 0 amide bonds. The van der Waals surface area contributed by atoms with Crippen molar-refractivity contribution < 1.29 is 14.6 Å². The number of Topliss-reactive ketones (excluding diaryl/α,β-unsaturated/α-hetero) is 1. The number of aromatic hydroxyl groups is 1. The fourth-order valence-electron chi connectivity index (χ4n) is 4.80. The number of ether oxygens (including phenoxy) is 1. The molecule has 0 unspecified atom stereocenters. The minimum atomic E-state index is -0.418. The van der Waals surface area contributed by atoms with Gasteiger partial charge in [-0.25, -0.2) is 14.5 Å². The largest absolute Gasteiger partial charge is 0.507 e. The summed E-state index contributed by atoms with van der Waals surface area (Å²) in [7, 11) is 0. The highest BCUT2D eigenvalue weighted by Gasteiger charge is 2.44. The Kier molecular flexibility index (Phi) is 4.14. The van der Waals surface area contributed by atoms with Crippen LogP contribution in [0.5, 0.6) is 11.6 Å². The quantitative estimate of drug-likeness (QED) is 0.502. The van der Waals surface area contributed by atoms with Crippen LogP contribution in [0.2, 0.25) is 0 Å². The molecule has 8 heteroatoms. The summed E-state index contributed by atoms with van der Waals surface area (Å²) < 4.78 is 7.80. The first-order chi connectivity index (χ1) is 15.9. The van der Waals surface area contributed by atoms with E-state index in [1.54, 1.807) is 41.4 Å². The molecule has 4 heterocycles. The Labute approximate surface area is 189 Å². The second kappa shape index (κ2) is 6.96. The van der Waals surface area contributed by atoms with Gasteiger partial charge in [-0.05, 0) is 29.2 Å². The number of nitrogens with zero attached hydrogens (tertiary/aromatic N) is 5. The lowest BCUT2D eigenvalue weighted by atomic mass is 9.70. The van der Waals surface area contributed by atoms with E-state index in [2.05, 4.69) is 28.9 Å². The Bertz CT molecular complexity index is 1460. The van der Waals surface area contributed by atoms with Crippen LogP contribution < -0.4 is 4.74 Å². The van der Waals surface area contributed by atoms with Crippen LogP contribution in [0.15, 0.2) is 66.5 Å². The summed E-state index contributed by atoms with van der Waals surface area (Å²) in [6, 6.07) is 10.7. The first-order valence-corrected chi connectivity index (χ1v) is 10.8. The zero-order valence-corrected chi connectivity index (χ0v) is 18.2. The standard InChI is InChI=1S/C25H21N5O3/c1-25(2)10-17(32)20-18(11-25)33-24-21(19(20)14-6-5-9-26-12-14)23-28-22(29-30(23)13-27-24)15-7-3-4-8-16(15)31/h3-9,12-13,19,31H,10-11H2,1-2H3/t19-/m0/s1. The monoisotopic (exact) mass is 439 g/mol. The second-order valence-electron chi connectivity index (χ2n) is 9.28. The summed E-state index contributed by atoms with van der Waals surface area (Å²) in [4.78, 5) is 27.0. The van der Waals surface area contributed by atoms with Gasteiger partial charge in [0.2, 0.25) is 5.88 Å². The fraction of sp³-hybridized carbons (Fsp3) is 0.240. The van der Waals surface area contributed by atoms with Gasteiger partial charge in [0.15, 0.2) is 17.3 Å². The SMILES string of the molecule is CC1(C)CC(=O)C2=C(C1)Oc1ncn3nc(-c4ccccc4O)nc3c1[C@H]2c1cccnc1. The molecule has 0 spiro atoms. The smallest absolute Gasteiger partial charge is 0.228 e. The number of pyridine rings is 1. The van der Waals surface area contributed by atoms with Crippen LogP contribution in [0.4, 0.5) is 0 Å². The zero-order chi connectivity index (χ0) is 22.7. The molecule has 0 saturated heterocycles. The fourth-order valence-corrected chi connectivity index (χ4v) is 4.80. The number of carbonyl (C=O) groups excluding carboxylic acids is 1. The van der Waals surface area contributed by atoms with E-state index in [9.17, 15) is 9.90 Å². The van der Waals surface area contributed by atoms with Crippen LogP contribution in [-0.2, 0) is 4.79 Å². The number of hydrogen-bond donors (Lipinski definition) is 1. The Balaban J connectivity index is 1.61. The number of hydrogen-bond acceptors (Lipinski definition) is 7. The molecular weight excluding hydrogens is 418 g/mol. The third-order valence-electron chi connectivity index (χ3n) is 6.23. The molecule has 4 aromatic rings. The molecule has 2 aliphatic rings. The molecule has 0 saturated carbocycles. The summed E-state index contributed by atoms with van der Waals surface area (Å²) >= 11 is 0. The maximum Gasteiger partial charge on any atom is 0.228 e. The number of para-hydroxylation sites is 1. The predicted octanol–water partition coefficient (Wildman–Crippen LogP) is 4.06. The number of rotatable bonds is 2. The van der Waals surface area contributed by atoms with Crippen LogP contribution in [0.25, 0.3) is 17.0 Å². The molecule has 0 radical (unpaired) electrons. The Morgan fingerprint density at radius 1 is 1.15 bits per heavy atom. The van der Waals surface area contributed by atoms with Gasteiger partial charge in [-0.15, -0.1) is 5.10 Å². The van der Waals surface area contributed by atoms with E-state index in [1.807, 2.05) is 18.2 Å². The summed E-state index contributed by atoms with van der Waals surface area (Å²) in [6.07, 6.45) is 6.10. The van der Waals surface area contributed by atoms with Crippen molar-refractivity contribution in [2.24, 2.45) is 5.41 Å².